The van der Waals surface area contributed by atoms with Gasteiger partial charge in [0.25, 0.3) is 5.91 Å². The summed E-state index contributed by atoms with van der Waals surface area (Å²) < 4.78 is 36.9. The predicted molar refractivity (Wildman–Crippen MR) is 99.1 cm³/mol. The predicted octanol–water partition coefficient (Wildman–Crippen LogP) is 2.26. The second-order valence-corrected chi connectivity index (χ2v) is 7.19. The molecule has 2 rings (SSSR count). The molecule has 0 bridgehead atoms. The fourth-order valence-corrected chi connectivity index (χ4v) is 3.31. The molecule has 0 fully saturated rings. The summed E-state index contributed by atoms with van der Waals surface area (Å²) in [4.78, 5) is 12.4. The van der Waals surface area contributed by atoms with Gasteiger partial charge in [0.15, 0.2) is 0 Å². The van der Waals surface area contributed by atoms with E-state index in [0.29, 0.717) is 30.0 Å². The van der Waals surface area contributed by atoms with Crippen LogP contribution in [0.1, 0.15) is 16.8 Å². The summed E-state index contributed by atoms with van der Waals surface area (Å²) in [5.41, 5.74) is 0.880. The largest absolute Gasteiger partial charge is 0.495 e. The number of benzene rings is 2. The van der Waals surface area contributed by atoms with Crippen LogP contribution in [-0.4, -0.2) is 41.7 Å². The minimum atomic E-state index is -3.61. The van der Waals surface area contributed by atoms with Crippen molar-refractivity contribution in [3.8, 4) is 5.75 Å². The van der Waals surface area contributed by atoms with E-state index in [-0.39, 0.29) is 17.3 Å². The molecule has 7 nitrogen and oxygen atoms in total. The van der Waals surface area contributed by atoms with E-state index in [1.807, 2.05) is 0 Å². The van der Waals surface area contributed by atoms with Gasteiger partial charge in [0.05, 0.1) is 17.7 Å². The Morgan fingerprint density at radius 1 is 1.04 bits per heavy atom. The Hall–Kier alpha value is -2.42. The fourth-order valence-electron chi connectivity index (χ4n) is 2.23. The summed E-state index contributed by atoms with van der Waals surface area (Å²) in [5.74, 6) is 0.187. The number of hydrogen-bond donors (Lipinski definition) is 2. The van der Waals surface area contributed by atoms with Gasteiger partial charge in [0.2, 0.25) is 10.0 Å². The standard InChI is InChI=1S/C18H22N2O5S/c1-24-13-5-12-19-26(22,23)15-10-8-14(9-11-15)18(21)20-16-6-3-4-7-17(16)25-2/h3-4,6-11,19H,5,12-13H2,1-2H3,(H,20,21). The molecule has 0 atom stereocenters. The normalized spacial score (nSPS) is 11.2. The molecule has 0 aliphatic carbocycles. The zero-order valence-corrected chi connectivity index (χ0v) is 15.5. The number of amides is 1. The van der Waals surface area contributed by atoms with Gasteiger partial charge >= 0.3 is 0 Å². The summed E-state index contributed by atoms with van der Waals surface area (Å²) in [7, 11) is -0.533. The number of ether oxygens (including phenoxy) is 2. The number of carbonyl (C=O) groups is 1. The van der Waals surface area contributed by atoms with Gasteiger partial charge in [-0.25, -0.2) is 13.1 Å². The first kappa shape index (κ1) is 19.9. The van der Waals surface area contributed by atoms with Crippen molar-refractivity contribution < 1.29 is 22.7 Å². The topological polar surface area (TPSA) is 93.7 Å². The lowest BCUT2D eigenvalue weighted by Gasteiger charge is -2.10. The molecule has 0 unspecified atom stereocenters. The first-order chi connectivity index (χ1) is 12.5. The van der Waals surface area contributed by atoms with Crippen molar-refractivity contribution in [2.45, 2.75) is 11.3 Å². The lowest BCUT2D eigenvalue weighted by Crippen LogP contribution is -2.25. The van der Waals surface area contributed by atoms with Crippen LogP contribution in [0.2, 0.25) is 0 Å². The zero-order valence-electron chi connectivity index (χ0n) is 14.7. The molecular weight excluding hydrogens is 356 g/mol. The lowest BCUT2D eigenvalue weighted by atomic mass is 10.2. The van der Waals surface area contributed by atoms with E-state index in [1.54, 1.807) is 31.4 Å². The van der Waals surface area contributed by atoms with E-state index >= 15 is 0 Å². The van der Waals surface area contributed by atoms with Crippen LogP contribution >= 0.6 is 0 Å². The molecule has 2 aromatic carbocycles. The van der Waals surface area contributed by atoms with Crippen LogP contribution in [-0.2, 0) is 14.8 Å². The first-order valence-electron chi connectivity index (χ1n) is 8.01. The number of anilines is 1. The van der Waals surface area contributed by atoms with Gasteiger partial charge in [-0.05, 0) is 42.8 Å². The van der Waals surface area contributed by atoms with Crippen molar-refractivity contribution >= 4 is 21.6 Å². The second-order valence-electron chi connectivity index (χ2n) is 5.42. The maximum atomic E-state index is 12.3. The van der Waals surface area contributed by atoms with E-state index < -0.39 is 10.0 Å². The van der Waals surface area contributed by atoms with Crippen LogP contribution in [0.25, 0.3) is 0 Å². The van der Waals surface area contributed by atoms with E-state index in [4.69, 9.17) is 9.47 Å². The van der Waals surface area contributed by atoms with Crippen LogP contribution in [0.4, 0.5) is 5.69 Å². The average Bonchev–Trinajstić information content (AvgIpc) is 2.66. The summed E-state index contributed by atoms with van der Waals surface area (Å²) in [6, 6.07) is 12.8. The zero-order chi connectivity index (χ0) is 19.0. The van der Waals surface area contributed by atoms with Crippen LogP contribution in [0.5, 0.6) is 5.75 Å². The van der Waals surface area contributed by atoms with E-state index in [1.165, 1.54) is 31.4 Å². The highest BCUT2D eigenvalue weighted by molar-refractivity contribution is 7.89. The molecule has 1 amide bonds. The van der Waals surface area contributed by atoms with Crippen molar-refractivity contribution in [3.05, 3.63) is 54.1 Å². The Morgan fingerprint density at radius 2 is 1.73 bits per heavy atom. The summed E-state index contributed by atoms with van der Waals surface area (Å²) in [6.07, 6.45) is 0.579. The molecule has 0 saturated heterocycles. The number of rotatable bonds is 9. The van der Waals surface area contributed by atoms with Gasteiger partial charge in [-0.15, -0.1) is 0 Å². The third kappa shape index (κ3) is 5.29. The molecule has 0 spiro atoms. The smallest absolute Gasteiger partial charge is 0.255 e. The molecule has 0 heterocycles. The summed E-state index contributed by atoms with van der Waals surface area (Å²) in [6.45, 7) is 0.761. The highest BCUT2D eigenvalue weighted by atomic mass is 32.2. The van der Waals surface area contributed by atoms with Crippen LogP contribution in [0.3, 0.4) is 0 Å². The molecule has 0 aliphatic heterocycles. The molecule has 140 valence electrons. The fraction of sp³-hybridized carbons (Fsp3) is 0.278. The molecular formula is C18H22N2O5S. The molecule has 26 heavy (non-hydrogen) atoms. The number of para-hydroxylation sites is 2. The first-order valence-corrected chi connectivity index (χ1v) is 9.49. The SMILES string of the molecule is COCCCNS(=O)(=O)c1ccc(C(=O)Nc2ccccc2OC)cc1. The second kappa shape index (κ2) is 9.33. The Morgan fingerprint density at radius 3 is 2.38 bits per heavy atom. The average molecular weight is 378 g/mol. The highest BCUT2D eigenvalue weighted by Crippen LogP contribution is 2.23. The molecule has 0 aromatic heterocycles. The minimum absolute atomic E-state index is 0.101. The molecule has 0 radical (unpaired) electrons. The maximum absolute atomic E-state index is 12.3. The molecule has 2 N–H and O–H groups in total. The Labute approximate surface area is 153 Å². The van der Waals surface area contributed by atoms with Crippen molar-refractivity contribution in [1.82, 2.24) is 4.72 Å². The monoisotopic (exact) mass is 378 g/mol. The van der Waals surface area contributed by atoms with Gasteiger partial charge in [-0.3, -0.25) is 4.79 Å². The van der Waals surface area contributed by atoms with E-state index in [0.717, 1.165) is 0 Å². The molecule has 8 heteroatoms. The van der Waals surface area contributed by atoms with Gasteiger partial charge in [-0.2, -0.15) is 0 Å². The van der Waals surface area contributed by atoms with Gasteiger partial charge < -0.3 is 14.8 Å². The number of sulfonamides is 1. The highest BCUT2D eigenvalue weighted by Gasteiger charge is 2.15. The third-order valence-corrected chi connectivity index (χ3v) is 5.08. The minimum Gasteiger partial charge on any atom is -0.495 e. The maximum Gasteiger partial charge on any atom is 0.255 e. The van der Waals surface area contributed by atoms with Gasteiger partial charge in [0.1, 0.15) is 5.75 Å². The number of hydrogen-bond acceptors (Lipinski definition) is 5. The van der Waals surface area contributed by atoms with Gasteiger partial charge in [-0.1, -0.05) is 12.1 Å². The number of methoxy groups -OCH3 is 2. The quantitative estimate of drug-likeness (QED) is 0.653. The molecule has 0 saturated carbocycles. The summed E-state index contributed by atoms with van der Waals surface area (Å²) >= 11 is 0. The Kier molecular flexibility index (Phi) is 7.14. The number of nitrogens with one attached hydrogen (secondary N) is 2. The van der Waals surface area contributed by atoms with Crippen LogP contribution < -0.4 is 14.8 Å². The van der Waals surface area contributed by atoms with Crippen molar-refractivity contribution in [3.63, 3.8) is 0 Å². The molecule has 2 aromatic rings. The molecule has 0 aliphatic rings. The number of carbonyl (C=O) groups excluding carboxylic acids is 1. The lowest BCUT2D eigenvalue weighted by molar-refractivity contribution is 0.102. The van der Waals surface area contributed by atoms with Crippen molar-refractivity contribution in [2.24, 2.45) is 0 Å². The van der Waals surface area contributed by atoms with Crippen molar-refractivity contribution in [1.29, 1.82) is 0 Å². The van der Waals surface area contributed by atoms with Crippen LogP contribution in [0, 0.1) is 0 Å². The third-order valence-electron chi connectivity index (χ3n) is 3.60. The van der Waals surface area contributed by atoms with Crippen LogP contribution in [0.15, 0.2) is 53.4 Å². The van der Waals surface area contributed by atoms with Gasteiger partial charge in [0, 0.05) is 25.8 Å². The van der Waals surface area contributed by atoms with Crippen molar-refractivity contribution in [2.75, 3.05) is 32.7 Å². The van der Waals surface area contributed by atoms with E-state index in [2.05, 4.69) is 10.0 Å². The summed E-state index contributed by atoms with van der Waals surface area (Å²) in [5, 5.41) is 2.74. The Balaban J connectivity index is 2.05. The Bertz CT molecular complexity index is 835. The van der Waals surface area contributed by atoms with E-state index in [9.17, 15) is 13.2 Å².